The molecule has 5 rings (SSSR count). The second kappa shape index (κ2) is 10.8. The fourth-order valence-electron chi connectivity index (χ4n) is 4.93. The van der Waals surface area contributed by atoms with Crippen LogP contribution in [0.4, 0.5) is 0 Å². The zero-order valence-corrected chi connectivity index (χ0v) is 20.8. The van der Waals surface area contributed by atoms with Gasteiger partial charge in [0.05, 0.1) is 32.0 Å². The third-order valence-corrected chi connectivity index (χ3v) is 7.02. The molecule has 0 unspecified atom stereocenters. The molecule has 0 amide bonds. The Balaban J connectivity index is 1.45. The first-order chi connectivity index (χ1) is 17.5. The van der Waals surface area contributed by atoms with Gasteiger partial charge in [-0.25, -0.2) is 0 Å². The highest BCUT2D eigenvalue weighted by Crippen LogP contribution is 2.47. The van der Waals surface area contributed by atoms with Crippen LogP contribution in [-0.4, -0.2) is 47.5 Å². The first-order valence-corrected chi connectivity index (χ1v) is 12.4. The van der Waals surface area contributed by atoms with Gasteiger partial charge in [-0.1, -0.05) is 91.0 Å². The predicted molar refractivity (Wildman–Crippen MR) is 135 cm³/mol. The Morgan fingerprint density at radius 3 is 1.64 bits per heavy atom. The smallest absolute Gasteiger partial charge is 0.187 e. The van der Waals surface area contributed by atoms with E-state index in [0.29, 0.717) is 19.8 Å². The predicted octanol–water partition coefficient (Wildman–Crippen LogP) is 4.64. The normalized spacial score (nSPS) is 27.8. The zero-order valence-electron chi connectivity index (χ0n) is 20.8. The van der Waals surface area contributed by atoms with Crippen LogP contribution in [0.15, 0.2) is 91.0 Å². The highest BCUT2D eigenvalue weighted by Gasteiger charge is 2.67. The lowest BCUT2D eigenvalue weighted by molar-refractivity contribution is -0.321. The number of aliphatic hydroxyl groups is 1. The summed E-state index contributed by atoms with van der Waals surface area (Å²) in [6.45, 7) is 4.73. The molecular formula is C30H34O6. The van der Waals surface area contributed by atoms with Gasteiger partial charge in [-0.15, -0.1) is 0 Å². The number of rotatable bonds is 10. The Morgan fingerprint density at radius 2 is 1.17 bits per heavy atom. The molecule has 6 nitrogen and oxygen atoms in total. The standard InChI is InChI=1S/C30H34O6/c1-29(2,31)30-21-35-28(36-30)26(33-19-23-14-8-4-9-15-23)25(32-18-22-12-6-3-7-13-22)27(30)34-20-24-16-10-5-11-17-24/h3-17,25-28,31H,18-21H2,1-2H3/t25-,26-,27+,28+,30+/m1/s1. The molecule has 0 radical (unpaired) electrons. The van der Waals surface area contributed by atoms with Crippen LogP contribution in [0.2, 0.25) is 0 Å². The van der Waals surface area contributed by atoms with Crippen molar-refractivity contribution in [3.8, 4) is 0 Å². The number of hydrogen-bond donors (Lipinski definition) is 1. The van der Waals surface area contributed by atoms with E-state index in [2.05, 4.69) is 0 Å². The van der Waals surface area contributed by atoms with Crippen LogP contribution in [0.3, 0.4) is 0 Å². The average Bonchev–Trinajstić information content (AvgIpc) is 3.30. The maximum Gasteiger partial charge on any atom is 0.187 e. The van der Waals surface area contributed by atoms with Crippen molar-refractivity contribution < 1.29 is 28.8 Å². The summed E-state index contributed by atoms with van der Waals surface area (Å²) in [4.78, 5) is 0. The van der Waals surface area contributed by atoms with E-state index in [1.54, 1.807) is 13.8 Å². The number of hydrogen-bond acceptors (Lipinski definition) is 6. The third-order valence-electron chi connectivity index (χ3n) is 7.02. The number of fused-ring (bicyclic) bond motifs is 2. The lowest BCUT2D eigenvalue weighted by Crippen LogP contribution is -2.70. The molecule has 2 saturated heterocycles. The molecule has 2 bridgehead atoms. The van der Waals surface area contributed by atoms with Crippen LogP contribution in [0.25, 0.3) is 0 Å². The summed E-state index contributed by atoms with van der Waals surface area (Å²) < 4.78 is 32.0. The van der Waals surface area contributed by atoms with Gasteiger partial charge in [0.25, 0.3) is 0 Å². The molecule has 6 heteroatoms. The van der Waals surface area contributed by atoms with Crippen molar-refractivity contribution in [1.82, 2.24) is 0 Å². The van der Waals surface area contributed by atoms with Crippen LogP contribution in [-0.2, 0) is 43.5 Å². The SMILES string of the molecule is CC(C)(O)[C@@]12CO[C@@H](O1)[C@H](OCc1ccccc1)[C@@H](OCc1ccccc1)[C@@H]2OCc1ccccc1. The Bertz CT molecular complexity index is 1080. The van der Waals surface area contributed by atoms with E-state index in [-0.39, 0.29) is 6.61 Å². The second-order valence-electron chi connectivity index (χ2n) is 9.99. The lowest BCUT2D eigenvalue weighted by Gasteiger charge is -2.51. The summed E-state index contributed by atoms with van der Waals surface area (Å²) in [5, 5.41) is 11.3. The van der Waals surface area contributed by atoms with Gasteiger partial charge < -0.3 is 28.8 Å². The van der Waals surface area contributed by atoms with Crippen LogP contribution < -0.4 is 0 Å². The maximum atomic E-state index is 11.3. The van der Waals surface area contributed by atoms with Gasteiger partial charge in [0.15, 0.2) is 11.9 Å². The van der Waals surface area contributed by atoms with E-state index in [1.807, 2.05) is 91.0 Å². The molecule has 3 aromatic rings. The molecule has 0 saturated carbocycles. The van der Waals surface area contributed by atoms with Crippen molar-refractivity contribution in [3.05, 3.63) is 108 Å². The molecular weight excluding hydrogens is 456 g/mol. The molecule has 5 atom stereocenters. The molecule has 0 spiro atoms. The van der Waals surface area contributed by atoms with E-state index in [9.17, 15) is 5.11 Å². The fourth-order valence-corrected chi connectivity index (χ4v) is 4.93. The topological polar surface area (TPSA) is 66.4 Å². The van der Waals surface area contributed by atoms with Crippen LogP contribution in [0.5, 0.6) is 0 Å². The highest BCUT2D eigenvalue weighted by molar-refractivity contribution is 5.18. The van der Waals surface area contributed by atoms with E-state index < -0.39 is 35.8 Å². The van der Waals surface area contributed by atoms with Crippen molar-refractivity contribution >= 4 is 0 Å². The summed E-state index contributed by atoms with van der Waals surface area (Å²) >= 11 is 0. The van der Waals surface area contributed by atoms with Crippen LogP contribution >= 0.6 is 0 Å². The Labute approximate surface area is 212 Å². The minimum absolute atomic E-state index is 0.178. The highest BCUT2D eigenvalue weighted by atomic mass is 16.8. The van der Waals surface area contributed by atoms with E-state index in [4.69, 9.17) is 23.7 Å². The summed E-state index contributed by atoms with van der Waals surface area (Å²) in [7, 11) is 0. The van der Waals surface area contributed by atoms with Gasteiger partial charge in [0.1, 0.15) is 18.3 Å². The maximum absolute atomic E-state index is 11.3. The molecule has 2 fully saturated rings. The Kier molecular flexibility index (Phi) is 7.53. The average molecular weight is 491 g/mol. The fraction of sp³-hybridized carbons (Fsp3) is 0.400. The summed E-state index contributed by atoms with van der Waals surface area (Å²) in [5.74, 6) is 0. The van der Waals surface area contributed by atoms with Gasteiger partial charge in [0, 0.05) is 0 Å². The largest absolute Gasteiger partial charge is 0.387 e. The van der Waals surface area contributed by atoms with Gasteiger partial charge in [-0.05, 0) is 30.5 Å². The first kappa shape index (κ1) is 25.1. The Hall–Kier alpha value is -2.58. The van der Waals surface area contributed by atoms with Crippen LogP contribution in [0, 0.1) is 0 Å². The summed E-state index contributed by atoms with van der Waals surface area (Å²) in [5.41, 5.74) is 0.743. The van der Waals surface area contributed by atoms with Gasteiger partial charge in [0.2, 0.25) is 0 Å². The molecule has 2 aliphatic rings. The molecule has 2 aliphatic heterocycles. The monoisotopic (exact) mass is 490 g/mol. The van der Waals surface area contributed by atoms with Crippen molar-refractivity contribution in [3.63, 3.8) is 0 Å². The molecule has 190 valence electrons. The van der Waals surface area contributed by atoms with Gasteiger partial charge >= 0.3 is 0 Å². The van der Waals surface area contributed by atoms with Crippen molar-refractivity contribution in [2.24, 2.45) is 0 Å². The summed E-state index contributed by atoms with van der Waals surface area (Å²) in [6.07, 6.45) is -2.41. The second-order valence-corrected chi connectivity index (χ2v) is 9.99. The minimum atomic E-state index is -1.25. The lowest BCUT2D eigenvalue weighted by atomic mass is 9.77. The van der Waals surface area contributed by atoms with Gasteiger partial charge in [-0.2, -0.15) is 0 Å². The van der Waals surface area contributed by atoms with E-state index in [0.717, 1.165) is 16.7 Å². The molecule has 0 aliphatic carbocycles. The van der Waals surface area contributed by atoms with Crippen molar-refractivity contribution in [1.29, 1.82) is 0 Å². The number of benzene rings is 3. The molecule has 2 heterocycles. The third kappa shape index (κ3) is 5.25. The number of ether oxygens (including phenoxy) is 5. The summed E-state index contributed by atoms with van der Waals surface area (Å²) in [6, 6.07) is 29.9. The molecule has 36 heavy (non-hydrogen) atoms. The Morgan fingerprint density at radius 1 is 0.722 bits per heavy atom. The van der Waals surface area contributed by atoms with Crippen molar-refractivity contribution in [2.75, 3.05) is 6.61 Å². The first-order valence-electron chi connectivity index (χ1n) is 12.4. The van der Waals surface area contributed by atoms with E-state index in [1.165, 1.54) is 0 Å². The van der Waals surface area contributed by atoms with E-state index >= 15 is 0 Å². The van der Waals surface area contributed by atoms with Crippen molar-refractivity contribution in [2.45, 2.75) is 69.5 Å². The molecule has 1 N–H and O–H groups in total. The van der Waals surface area contributed by atoms with Gasteiger partial charge in [-0.3, -0.25) is 0 Å². The quantitative estimate of drug-likeness (QED) is 0.447. The minimum Gasteiger partial charge on any atom is -0.387 e. The molecule has 3 aromatic carbocycles. The molecule has 0 aromatic heterocycles. The van der Waals surface area contributed by atoms with Crippen LogP contribution in [0.1, 0.15) is 30.5 Å². The zero-order chi connectivity index (χ0) is 25.0.